The van der Waals surface area contributed by atoms with Crippen molar-refractivity contribution >= 4 is 17.7 Å². The maximum absolute atomic E-state index is 13.1. The maximum Gasteiger partial charge on any atom is 0.332 e. The molecule has 0 spiro atoms. The highest BCUT2D eigenvalue weighted by Crippen LogP contribution is 2.45. The van der Waals surface area contributed by atoms with E-state index in [1.165, 1.54) is 0 Å². The molecule has 0 saturated carbocycles. The number of carbonyl (C=O) groups excluding carboxylic acids is 2. The number of ether oxygens (including phenoxy) is 3. The van der Waals surface area contributed by atoms with Gasteiger partial charge in [-0.15, -0.1) is 0 Å². The van der Waals surface area contributed by atoms with Crippen LogP contribution in [0.25, 0.3) is 0 Å². The van der Waals surface area contributed by atoms with E-state index >= 15 is 0 Å². The lowest BCUT2D eigenvalue weighted by molar-refractivity contribution is -0.134. The molecule has 2 atom stereocenters. The van der Waals surface area contributed by atoms with Gasteiger partial charge in [0.05, 0.1) is 25.8 Å². The highest BCUT2D eigenvalue weighted by atomic mass is 16.5. The molecule has 3 N–H and O–H groups in total. The van der Waals surface area contributed by atoms with Gasteiger partial charge in [0.1, 0.15) is 17.2 Å². The number of nitrogens with zero attached hydrogens (tertiary/aromatic N) is 1. The summed E-state index contributed by atoms with van der Waals surface area (Å²) in [5, 5.41) is 4.33. The van der Waals surface area contributed by atoms with Crippen molar-refractivity contribution < 1.29 is 23.8 Å². The number of carbonyl (C=O) groups is 2. The van der Waals surface area contributed by atoms with E-state index in [1.54, 1.807) is 32.4 Å². The number of esters is 1. The Balaban J connectivity index is 1.90. The summed E-state index contributed by atoms with van der Waals surface area (Å²) in [5.41, 5.74) is 10.3. The van der Waals surface area contributed by atoms with Crippen LogP contribution in [0.15, 0.2) is 77.9 Å². The van der Waals surface area contributed by atoms with E-state index in [9.17, 15) is 9.59 Å². The number of hydrogen-bond donors (Lipinski definition) is 2. The van der Waals surface area contributed by atoms with Crippen LogP contribution in [-0.2, 0) is 4.79 Å². The van der Waals surface area contributed by atoms with E-state index < -0.39 is 23.8 Å². The van der Waals surface area contributed by atoms with E-state index in [4.69, 9.17) is 19.9 Å². The minimum Gasteiger partial charge on any atom is -0.497 e. The van der Waals surface area contributed by atoms with Crippen LogP contribution in [0.2, 0.25) is 0 Å². The van der Waals surface area contributed by atoms with Gasteiger partial charge in [-0.25, -0.2) is 10.2 Å². The second kappa shape index (κ2) is 9.44. The number of primary amides is 1. The second-order valence-electron chi connectivity index (χ2n) is 7.39. The lowest BCUT2D eigenvalue weighted by atomic mass is 9.77. The SMILES string of the molecule is COc1ccc(/C(=N\NC(N)=O)[C@H](c2ccc(OC)cc2)[C@H]2C(=O)Oc3ccccc32)cc1. The number of nitrogens with two attached hydrogens (primary N) is 1. The van der Waals surface area contributed by atoms with Crippen molar-refractivity contribution in [2.75, 3.05) is 14.2 Å². The molecule has 8 heteroatoms. The molecular weight excluding hydrogens is 422 g/mol. The number of methoxy groups -OCH3 is 2. The Morgan fingerprint density at radius 2 is 1.58 bits per heavy atom. The normalized spacial score (nSPS) is 15.9. The van der Waals surface area contributed by atoms with E-state index in [1.807, 2.05) is 54.6 Å². The zero-order valence-electron chi connectivity index (χ0n) is 18.1. The Morgan fingerprint density at radius 1 is 0.970 bits per heavy atom. The smallest absolute Gasteiger partial charge is 0.332 e. The number of hydrazone groups is 1. The van der Waals surface area contributed by atoms with Gasteiger partial charge in [0.15, 0.2) is 0 Å². The summed E-state index contributed by atoms with van der Waals surface area (Å²) in [7, 11) is 3.16. The maximum atomic E-state index is 13.1. The van der Waals surface area contributed by atoms with Gasteiger partial charge in [-0.05, 0) is 53.6 Å². The lowest BCUT2D eigenvalue weighted by Crippen LogP contribution is -2.31. The van der Waals surface area contributed by atoms with Crippen molar-refractivity contribution in [1.82, 2.24) is 5.43 Å². The first-order valence-corrected chi connectivity index (χ1v) is 10.2. The van der Waals surface area contributed by atoms with Gasteiger partial charge in [-0.1, -0.05) is 30.3 Å². The fraction of sp³-hybridized carbons (Fsp3) is 0.160. The zero-order chi connectivity index (χ0) is 23.4. The third-order valence-electron chi connectivity index (χ3n) is 5.49. The first-order valence-electron chi connectivity index (χ1n) is 10.2. The van der Waals surface area contributed by atoms with E-state index in [0.29, 0.717) is 28.5 Å². The van der Waals surface area contributed by atoms with Crippen LogP contribution >= 0.6 is 0 Å². The molecule has 3 aromatic carbocycles. The first kappa shape index (κ1) is 21.9. The Morgan fingerprint density at radius 3 is 2.18 bits per heavy atom. The number of hydrogen-bond acceptors (Lipinski definition) is 6. The Bertz CT molecular complexity index is 1190. The fourth-order valence-corrected chi connectivity index (χ4v) is 3.96. The van der Waals surface area contributed by atoms with Gasteiger partial charge < -0.3 is 19.9 Å². The predicted molar refractivity (Wildman–Crippen MR) is 123 cm³/mol. The molecule has 8 nitrogen and oxygen atoms in total. The summed E-state index contributed by atoms with van der Waals surface area (Å²) in [6.45, 7) is 0. The molecular formula is C25H23N3O5. The van der Waals surface area contributed by atoms with Crippen molar-refractivity contribution in [3.05, 3.63) is 89.5 Å². The van der Waals surface area contributed by atoms with Gasteiger partial charge in [0.25, 0.3) is 0 Å². The molecule has 0 aromatic heterocycles. The summed E-state index contributed by atoms with van der Waals surface area (Å²) in [6.07, 6.45) is 0. The molecule has 4 rings (SSSR count). The summed E-state index contributed by atoms with van der Waals surface area (Å²) in [5.74, 6) is 0.148. The molecule has 0 saturated heterocycles. The topological polar surface area (TPSA) is 112 Å². The lowest BCUT2D eigenvalue weighted by Gasteiger charge is -2.24. The first-order chi connectivity index (χ1) is 16.0. The van der Waals surface area contributed by atoms with Gasteiger partial charge in [0, 0.05) is 11.5 Å². The minimum atomic E-state index is -0.816. The number of nitrogens with one attached hydrogen (secondary N) is 1. The Kier molecular flexibility index (Phi) is 6.26. The highest BCUT2D eigenvalue weighted by Gasteiger charge is 2.42. The predicted octanol–water partition coefficient (Wildman–Crippen LogP) is 3.56. The van der Waals surface area contributed by atoms with Crippen LogP contribution in [0.3, 0.4) is 0 Å². The number of amides is 2. The van der Waals surface area contributed by atoms with Crippen molar-refractivity contribution in [1.29, 1.82) is 0 Å². The van der Waals surface area contributed by atoms with E-state index in [2.05, 4.69) is 10.5 Å². The van der Waals surface area contributed by atoms with Crippen LogP contribution in [-0.4, -0.2) is 31.9 Å². The number of para-hydroxylation sites is 1. The summed E-state index contributed by atoms with van der Waals surface area (Å²) in [4.78, 5) is 24.6. The van der Waals surface area contributed by atoms with Crippen molar-refractivity contribution in [2.45, 2.75) is 11.8 Å². The quantitative estimate of drug-likeness (QED) is 0.250. The summed E-state index contributed by atoms with van der Waals surface area (Å²) >= 11 is 0. The third-order valence-corrected chi connectivity index (χ3v) is 5.49. The number of benzene rings is 3. The van der Waals surface area contributed by atoms with Crippen LogP contribution in [0.4, 0.5) is 4.79 Å². The summed E-state index contributed by atoms with van der Waals surface area (Å²) in [6, 6.07) is 21.0. The van der Waals surface area contributed by atoms with Crippen molar-refractivity contribution in [2.24, 2.45) is 10.8 Å². The van der Waals surface area contributed by atoms with Gasteiger partial charge in [-0.2, -0.15) is 5.10 Å². The van der Waals surface area contributed by atoms with Gasteiger partial charge in [0.2, 0.25) is 0 Å². The van der Waals surface area contributed by atoms with E-state index in [0.717, 1.165) is 11.1 Å². The van der Waals surface area contributed by atoms with E-state index in [-0.39, 0.29) is 0 Å². The molecule has 0 bridgehead atoms. The molecule has 0 unspecified atom stereocenters. The molecule has 168 valence electrons. The summed E-state index contributed by atoms with van der Waals surface area (Å²) < 4.78 is 16.1. The molecule has 1 aliphatic heterocycles. The second-order valence-corrected chi connectivity index (χ2v) is 7.39. The molecule has 33 heavy (non-hydrogen) atoms. The van der Waals surface area contributed by atoms with Gasteiger partial charge in [-0.3, -0.25) is 4.79 Å². The molecule has 0 fully saturated rings. The van der Waals surface area contributed by atoms with Crippen LogP contribution in [0.5, 0.6) is 17.2 Å². The zero-order valence-corrected chi connectivity index (χ0v) is 18.1. The fourth-order valence-electron chi connectivity index (χ4n) is 3.96. The molecule has 1 heterocycles. The number of fused-ring (bicyclic) bond motifs is 1. The molecule has 0 radical (unpaired) electrons. The average Bonchev–Trinajstić information content (AvgIpc) is 3.17. The minimum absolute atomic E-state index is 0.405. The standard InChI is InChI=1S/C25H23N3O5/c1-31-17-11-7-15(8-12-17)21(22-19-5-3-4-6-20(19)33-24(22)29)23(27-28-25(26)30)16-9-13-18(32-2)14-10-16/h3-14,21-22H,1-2H3,(H3,26,28,30)/b27-23+/t21-,22+/m1/s1. The number of rotatable bonds is 7. The highest BCUT2D eigenvalue weighted by molar-refractivity contribution is 6.09. The van der Waals surface area contributed by atoms with Crippen molar-refractivity contribution in [3.63, 3.8) is 0 Å². The largest absolute Gasteiger partial charge is 0.497 e. The van der Waals surface area contributed by atoms with Crippen molar-refractivity contribution in [3.8, 4) is 17.2 Å². The monoisotopic (exact) mass is 445 g/mol. The molecule has 0 aliphatic carbocycles. The van der Waals surface area contributed by atoms with Crippen LogP contribution in [0, 0.1) is 0 Å². The number of urea groups is 1. The van der Waals surface area contributed by atoms with Gasteiger partial charge >= 0.3 is 12.0 Å². The van der Waals surface area contributed by atoms with Crippen LogP contribution < -0.4 is 25.4 Å². The molecule has 2 amide bonds. The Hall–Kier alpha value is -4.33. The van der Waals surface area contributed by atoms with Crippen LogP contribution in [0.1, 0.15) is 28.5 Å². The molecule has 1 aliphatic rings. The molecule has 3 aromatic rings. The Labute approximate surface area is 191 Å². The third kappa shape index (κ3) is 4.50. The average molecular weight is 445 g/mol.